The van der Waals surface area contributed by atoms with Crippen molar-refractivity contribution in [3.8, 4) is 0 Å². The maximum atomic E-state index is 10.9. The smallest absolute Gasteiger partial charge is 0.277 e. The Labute approximate surface area is 283 Å². The fraction of sp³-hybridized carbons (Fsp3) is 0.652. The van der Waals surface area contributed by atoms with Crippen LogP contribution >= 0.6 is 33.8 Å². The molecule has 0 aliphatic carbocycles. The second-order valence-electron chi connectivity index (χ2n) is 9.15. The Hall–Kier alpha value is -3.78. The Kier molecular flexibility index (Phi) is 33.3. The van der Waals surface area contributed by atoms with Gasteiger partial charge in [0.25, 0.3) is 6.67 Å². The van der Waals surface area contributed by atoms with Crippen molar-refractivity contribution in [3.05, 3.63) is 10.1 Å². The Morgan fingerprint density at radius 1 is 0.826 bits per heavy atom. The number of aliphatic imine (C=N–C) groups is 1. The summed E-state index contributed by atoms with van der Waals surface area (Å²) in [5.41, 5.74) is 5.05. The molecule has 0 fully saturated rings. The topological polar surface area (TPSA) is 257 Å². The van der Waals surface area contributed by atoms with Crippen LogP contribution in [0.5, 0.6) is 0 Å². The third kappa shape index (κ3) is 40.2. The lowest BCUT2D eigenvalue weighted by atomic mass is 10.5. The van der Waals surface area contributed by atoms with Gasteiger partial charge in [0.2, 0.25) is 35.4 Å². The molecule has 0 aliphatic heterocycles. The predicted molar refractivity (Wildman–Crippen MR) is 185 cm³/mol. The molecule has 7 N–H and O–H groups in total. The molecule has 6 amide bonds. The van der Waals surface area contributed by atoms with Crippen molar-refractivity contribution in [2.24, 2.45) is 10.7 Å². The largest absolute Gasteiger partial charge is 0.347 e. The summed E-state index contributed by atoms with van der Waals surface area (Å²) < 4.78 is 0. The fourth-order valence-corrected chi connectivity index (χ4v) is 2.27. The van der Waals surface area contributed by atoms with Crippen molar-refractivity contribution in [1.29, 1.82) is 0 Å². The highest BCUT2D eigenvalue weighted by atomic mass is 32.1. The lowest BCUT2D eigenvalue weighted by Gasteiger charge is -2.13. The van der Waals surface area contributed by atoms with E-state index in [1.54, 1.807) is 16.8 Å². The van der Waals surface area contributed by atoms with Crippen LogP contribution in [0.2, 0.25) is 0 Å². The Morgan fingerprint density at radius 3 is 1.59 bits per heavy atom. The van der Waals surface area contributed by atoms with Crippen molar-refractivity contribution in [1.82, 2.24) is 46.0 Å². The molecule has 1 atom stereocenters. The van der Waals surface area contributed by atoms with Gasteiger partial charge >= 0.3 is 0 Å². The highest BCUT2D eigenvalue weighted by molar-refractivity contribution is 7.80. The quantitative estimate of drug-likeness (QED) is 0.0272. The second-order valence-corrected chi connectivity index (χ2v) is 10.0. The number of rotatable bonds is 13. The van der Waals surface area contributed by atoms with Gasteiger partial charge in [-0.05, 0) is 62.0 Å². The number of thiocarbonyl (C=S) groups is 2. The van der Waals surface area contributed by atoms with E-state index >= 15 is 0 Å². The van der Waals surface area contributed by atoms with Gasteiger partial charge in [-0.1, -0.05) is 0 Å². The first-order valence-electron chi connectivity index (χ1n) is 12.9. The number of carbonyl (C=O) groups excluding carboxylic acids is 6. The predicted octanol–water partition coefficient (Wildman–Crippen LogP) is -3.39. The number of carbonyl (C=O) groups is 6. The summed E-state index contributed by atoms with van der Waals surface area (Å²) in [6, 6.07) is 0. The lowest BCUT2D eigenvalue weighted by Crippen LogP contribution is -2.39. The number of hydrogen-bond donors (Lipinski definition) is 6. The van der Waals surface area contributed by atoms with Gasteiger partial charge in [0.05, 0.1) is 38.0 Å². The zero-order chi connectivity index (χ0) is 36.8. The Bertz CT molecular complexity index is 1050. The van der Waals surface area contributed by atoms with Crippen LogP contribution in [0.25, 0.3) is 0 Å². The minimum atomic E-state index is -0.661. The molecule has 0 saturated carbocycles. The first kappa shape index (κ1) is 49.1. The maximum Gasteiger partial charge on any atom is 0.277 e. The number of likely N-dealkylation sites (N-methyl/N-ethyl adjacent to an activating group) is 4. The average Bonchev–Trinajstić information content (AvgIpc) is 2.92. The summed E-state index contributed by atoms with van der Waals surface area (Å²) in [5.74, 6) is -1.38. The molecule has 266 valence electrons. The van der Waals surface area contributed by atoms with E-state index in [1.165, 1.54) is 25.8 Å². The van der Waals surface area contributed by atoms with Gasteiger partial charge in [0.1, 0.15) is 6.67 Å². The molecule has 0 bridgehead atoms. The van der Waals surface area contributed by atoms with E-state index in [-0.39, 0.29) is 57.4 Å². The van der Waals surface area contributed by atoms with Crippen LogP contribution in [0.1, 0.15) is 15.3 Å². The minimum Gasteiger partial charge on any atom is -0.347 e. The minimum absolute atomic E-state index is 0. The molecule has 20 nitrogen and oxygen atoms in total. The van der Waals surface area contributed by atoms with E-state index in [1.807, 2.05) is 33.5 Å². The van der Waals surface area contributed by atoms with Gasteiger partial charge in [0.15, 0.2) is 5.11 Å². The van der Waals surface area contributed by atoms with E-state index in [0.29, 0.717) is 18.2 Å². The number of nitrogens with one attached hydrogen (secondary N) is 5. The highest BCUT2D eigenvalue weighted by Crippen LogP contribution is 1.83. The van der Waals surface area contributed by atoms with Crippen molar-refractivity contribution in [2.75, 3.05) is 88.5 Å². The molecule has 0 rings (SSSR count). The standard InChI is InChI=1S/C6H11N3O4.C6H13N3O2.C6H11N3OS.C5H12N3OPS.H2/c1-5(10)8(2)3-6(11)7-4-9(12)13;1-5(10)9(2)3-6(11)8-4-7;1-9(2)3-6(10)8-4-7-5-11;1-8(2)3-4(9)6-5(11)7-10;/h3-4H2,1-2H3,(H,7,11);3-4,7H2,1-2H3,(H,8,11);3-4H2,1-2H3,(H,8,10);3,10H2,1-2H3,(H2,6,7,9,11);1H. The second kappa shape index (κ2) is 31.2. The van der Waals surface area contributed by atoms with Gasteiger partial charge in [-0.15, -0.1) is 0 Å². The van der Waals surface area contributed by atoms with Crippen LogP contribution < -0.4 is 32.1 Å². The highest BCUT2D eigenvalue weighted by Gasteiger charge is 2.10. The van der Waals surface area contributed by atoms with E-state index in [9.17, 15) is 38.9 Å². The van der Waals surface area contributed by atoms with E-state index in [4.69, 9.17) is 18.0 Å². The average molecular weight is 717 g/mol. The van der Waals surface area contributed by atoms with Crippen LogP contribution in [0.4, 0.5) is 0 Å². The molecular formula is C23H49N12O8PS2. The van der Waals surface area contributed by atoms with E-state index in [0.717, 1.165) is 4.90 Å². The van der Waals surface area contributed by atoms with Crippen molar-refractivity contribution < 1.29 is 35.1 Å². The SMILES string of the molecule is CC(=O)N(C)CC(=O)NCN.CC(=O)N(C)CC(=O)NC[N+](=O)[O-].CN(C)CC(=O)NC(=S)NP.CN(C)CC(=O)NCN=C=S.[HH]. The summed E-state index contributed by atoms with van der Waals surface area (Å²) in [4.78, 5) is 83.4. The lowest BCUT2D eigenvalue weighted by molar-refractivity contribution is -0.483. The summed E-state index contributed by atoms with van der Waals surface area (Å²) in [7, 11) is 12.5. The van der Waals surface area contributed by atoms with Gasteiger partial charge in [0, 0.05) is 34.3 Å². The molecule has 0 saturated heterocycles. The molecular weight excluding hydrogens is 667 g/mol. The number of nitrogens with two attached hydrogens (primary N) is 1. The number of amides is 6. The number of nitro groups is 1. The Morgan fingerprint density at radius 2 is 1.24 bits per heavy atom. The van der Waals surface area contributed by atoms with Gasteiger partial charge < -0.3 is 46.4 Å². The third-order valence-electron chi connectivity index (χ3n) is 4.26. The molecule has 0 aromatic carbocycles. The summed E-state index contributed by atoms with van der Waals surface area (Å²) in [6.45, 7) is 3.01. The molecule has 1 unspecified atom stereocenters. The van der Waals surface area contributed by atoms with Crippen LogP contribution in [-0.2, 0) is 28.8 Å². The van der Waals surface area contributed by atoms with Crippen molar-refractivity contribution >= 4 is 79.5 Å². The van der Waals surface area contributed by atoms with Crippen LogP contribution in [0.3, 0.4) is 0 Å². The molecule has 0 aromatic heterocycles. The molecule has 0 aliphatic rings. The van der Waals surface area contributed by atoms with Crippen molar-refractivity contribution in [3.63, 3.8) is 0 Å². The summed E-state index contributed by atoms with van der Waals surface area (Å²) in [6.07, 6.45) is 0. The molecule has 46 heavy (non-hydrogen) atoms. The molecule has 0 heterocycles. The first-order chi connectivity index (χ1) is 21.2. The van der Waals surface area contributed by atoms with E-state index < -0.39 is 17.5 Å². The number of isothiocyanates is 1. The fourth-order valence-electron chi connectivity index (χ4n) is 2.02. The van der Waals surface area contributed by atoms with E-state index in [2.05, 4.69) is 52.8 Å². The summed E-state index contributed by atoms with van der Waals surface area (Å²) >= 11 is 9.02. The van der Waals surface area contributed by atoms with Crippen LogP contribution in [0.15, 0.2) is 4.99 Å². The first-order valence-corrected chi connectivity index (χ1v) is 14.3. The van der Waals surface area contributed by atoms with Crippen molar-refractivity contribution in [2.45, 2.75) is 13.8 Å². The van der Waals surface area contributed by atoms with Crippen LogP contribution in [0, 0.1) is 10.1 Å². The normalized spacial score (nSPS) is 9.13. The molecule has 23 heteroatoms. The molecule has 0 spiro atoms. The van der Waals surface area contributed by atoms with Gasteiger partial charge in [-0.3, -0.25) is 44.2 Å². The number of nitrogens with zero attached hydrogens (tertiary/aromatic N) is 6. The zero-order valence-corrected chi connectivity index (χ0v) is 30.2. The third-order valence-corrected chi connectivity index (χ3v) is 5.11. The molecule has 0 radical (unpaired) electrons. The molecule has 0 aromatic rings. The van der Waals surface area contributed by atoms with Crippen LogP contribution in [-0.4, -0.2) is 159 Å². The van der Waals surface area contributed by atoms with Gasteiger partial charge in [-0.25, -0.2) is 4.99 Å². The monoisotopic (exact) mass is 716 g/mol. The summed E-state index contributed by atoms with van der Waals surface area (Å²) in [5, 5.41) is 24.3. The maximum absolute atomic E-state index is 10.9. The number of hydrogen-bond acceptors (Lipinski definition) is 14. The zero-order valence-electron chi connectivity index (χ0n) is 27.4. The van der Waals surface area contributed by atoms with Gasteiger partial charge in [-0.2, -0.15) is 0 Å². The Balaban J connectivity index is -0.000000166.